The van der Waals surface area contributed by atoms with Gasteiger partial charge >= 0.3 is 0 Å². The van der Waals surface area contributed by atoms with Gasteiger partial charge in [-0.1, -0.05) is 11.6 Å². The number of oxazole rings is 1. The van der Waals surface area contributed by atoms with E-state index < -0.39 is 0 Å². The second-order valence-corrected chi connectivity index (χ2v) is 7.33. The quantitative estimate of drug-likeness (QED) is 0.935. The predicted molar refractivity (Wildman–Crippen MR) is 85.2 cm³/mol. The van der Waals surface area contributed by atoms with Gasteiger partial charge in [0.25, 0.3) is 5.91 Å². The molecule has 0 unspecified atom stereocenters. The van der Waals surface area contributed by atoms with E-state index in [1.165, 1.54) is 43.5 Å². The van der Waals surface area contributed by atoms with Crippen LogP contribution in [0, 0.1) is 5.92 Å². The standard InChI is InChI=1S/C15H16ClN3O2S/c16-13-8-21-15(18-13)12-2-1-11(22-12)14(20)17-10-7-19-5-3-9(10)4-6-19/h1-2,8-10H,3-7H2,(H,17,20)/t10-/m0/s1. The van der Waals surface area contributed by atoms with Crippen molar-refractivity contribution in [1.82, 2.24) is 15.2 Å². The van der Waals surface area contributed by atoms with Crippen LogP contribution in [-0.2, 0) is 0 Å². The molecular weight excluding hydrogens is 322 g/mol. The molecule has 3 saturated heterocycles. The van der Waals surface area contributed by atoms with Crippen LogP contribution in [0.4, 0.5) is 0 Å². The molecule has 0 radical (unpaired) electrons. The maximum atomic E-state index is 12.4. The van der Waals surface area contributed by atoms with Crippen LogP contribution in [0.1, 0.15) is 22.5 Å². The number of rotatable bonds is 3. The Balaban J connectivity index is 1.46. The van der Waals surface area contributed by atoms with Crippen molar-refractivity contribution in [3.63, 3.8) is 0 Å². The van der Waals surface area contributed by atoms with Crippen molar-refractivity contribution in [2.75, 3.05) is 19.6 Å². The highest BCUT2D eigenvalue weighted by molar-refractivity contribution is 7.17. The first kappa shape index (κ1) is 14.2. The lowest BCUT2D eigenvalue weighted by Gasteiger charge is -2.44. The van der Waals surface area contributed by atoms with Gasteiger partial charge < -0.3 is 14.6 Å². The molecule has 5 rings (SSSR count). The Morgan fingerprint density at radius 1 is 1.41 bits per heavy atom. The van der Waals surface area contributed by atoms with Crippen molar-refractivity contribution in [3.05, 3.63) is 28.4 Å². The summed E-state index contributed by atoms with van der Waals surface area (Å²) in [5.41, 5.74) is 0. The zero-order valence-corrected chi connectivity index (χ0v) is 13.5. The molecule has 3 fully saturated rings. The van der Waals surface area contributed by atoms with Crippen LogP contribution in [0.25, 0.3) is 10.8 Å². The summed E-state index contributed by atoms with van der Waals surface area (Å²) in [6.07, 6.45) is 3.77. The minimum absolute atomic E-state index is 0.00680. The molecule has 5 nitrogen and oxygen atoms in total. The largest absolute Gasteiger partial charge is 0.442 e. The number of carbonyl (C=O) groups excluding carboxylic acids is 1. The Labute approximate surface area is 137 Å². The Morgan fingerprint density at radius 2 is 2.23 bits per heavy atom. The number of thiophene rings is 1. The zero-order valence-electron chi connectivity index (χ0n) is 11.9. The van der Waals surface area contributed by atoms with Crippen molar-refractivity contribution in [3.8, 4) is 10.8 Å². The number of hydrogen-bond acceptors (Lipinski definition) is 5. The molecule has 1 amide bonds. The van der Waals surface area contributed by atoms with Gasteiger partial charge in [0.1, 0.15) is 6.26 Å². The predicted octanol–water partition coefficient (Wildman–Crippen LogP) is 2.88. The number of fused-ring (bicyclic) bond motifs is 3. The van der Waals surface area contributed by atoms with Crippen molar-refractivity contribution in [2.24, 2.45) is 5.92 Å². The van der Waals surface area contributed by atoms with Gasteiger partial charge in [0.15, 0.2) is 5.15 Å². The van der Waals surface area contributed by atoms with Gasteiger partial charge in [0, 0.05) is 12.6 Å². The first-order valence-electron chi connectivity index (χ1n) is 7.43. The molecule has 2 bridgehead atoms. The maximum Gasteiger partial charge on any atom is 0.261 e. The molecule has 7 heteroatoms. The molecule has 0 aliphatic carbocycles. The van der Waals surface area contributed by atoms with E-state index in [9.17, 15) is 4.79 Å². The third-order valence-corrected chi connectivity index (χ3v) is 5.73. The molecule has 0 aromatic carbocycles. The van der Waals surface area contributed by atoms with Gasteiger partial charge in [-0.2, -0.15) is 4.98 Å². The van der Waals surface area contributed by atoms with Crippen molar-refractivity contribution in [2.45, 2.75) is 18.9 Å². The van der Waals surface area contributed by atoms with Crippen molar-refractivity contribution in [1.29, 1.82) is 0 Å². The van der Waals surface area contributed by atoms with Crippen LogP contribution >= 0.6 is 22.9 Å². The summed E-state index contributed by atoms with van der Waals surface area (Å²) < 4.78 is 5.26. The second kappa shape index (κ2) is 5.68. The third kappa shape index (κ3) is 2.66. The average molecular weight is 338 g/mol. The summed E-state index contributed by atoms with van der Waals surface area (Å²) in [5.74, 6) is 1.07. The fourth-order valence-corrected chi connectivity index (χ4v) is 4.27. The average Bonchev–Trinajstić information content (AvgIpc) is 3.17. The number of carbonyl (C=O) groups is 1. The van der Waals surface area contributed by atoms with Gasteiger partial charge in [0.05, 0.1) is 9.75 Å². The Hall–Kier alpha value is -1.37. The highest BCUT2D eigenvalue weighted by Gasteiger charge is 2.35. The minimum Gasteiger partial charge on any atom is -0.442 e. The number of amides is 1. The van der Waals surface area contributed by atoms with Gasteiger partial charge in [0.2, 0.25) is 5.89 Å². The summed E-state index contributed by atoms with van der Waals surface area (Å²) in [5, 5.41) is 3.51. The summed E-state index contributed by atoms with van der Waals surface area (Å²) >= 11 is 7.14. The van der Waals surface area contributed by atoms with E-state index in [1.807, 2.05) is 12.1 Å². The van der Waals surface area contributed by atoms with E-state index in [4.69, 9.17) is 16.0 Å². The lowest BCUT2D eigenvalue weighted by molar-refractivity contribution is 0.0622. The fourth-order valence-electron chi connectivity index (χ4n) is 3.31. The van der Waals surface area contributed by atoms with E-state index in [0.29, 0.717) is 21.8 Å². The summed E-state index contributed by atoms with van der Waals surface area (Å²) in [6, 6.07) is 3.93. The van der Waals surface area contributed by atoms with E-state index in [1.54, 1.807) is 0 Å². The first-order valence-corrected chi connectivity index (χ1v) is 8.63. The molecular formula is C15H16ClN3O2S. The molecule has 1 N–H and O–H groups in total. The van der Waals surface area contributed by atoms with E-state index in [0.717, 1.165) is 11.4 Å². The Kier molecular flexibility index (Phi) is 3.68. The van der Waals surface area contributed by atoms with Gasteiger partial charge in [-0.15, -0.1) is 11.3 Å². The lowest BCUT2D eigenvalue weighted by Crippen LogP contribution is -2.57. The van der Waals surface area contributed by atoms with Crippen LogP contribution in [0.5, 0.6) is 0 Å². The number of halogens is 1. The molecule has 3 aliphatic rings. The number of nitrogens with zero attached hydrogens (tertiary/aromatic N) is 2. The van der Waals surface area contributed by atoms with Gasteiger partial charge in [-0.05, 0) is 44.0 Å². The lowest BCUT2D eigenvalue weighted by atomic mass is 9.84. The molecule has 3 aliphatic heterocycles. The van der Waals surface area contributed by atoms with Crippen LogP contribution in [0.15, 0.2) is 22.8 Å². The van der Waals surface area contributed by atoms with Crippen molar-refractivity contribution < 1.29 is 9.21 Å². The van der Waals surface area contributed by atoms with E-state index in [-0.39, 0.29) is 11.9 Å². The Bertz CT molecular complexity index is 691. The SMILES string of the molecule is O=C(N[C@H]1CN2CCC1CC2)c1ccc(-c2nc(Cl)co2)s1. The molecule has 1 atom stereocenters. The van der Waals surface area contributed by atoms with Gasteiger partial charge in [-0.25, -0.2) is 0 Å². The second-order valence-electron chi connectivity index (χ2n) is 5.86. The van der Waals surface area contributed by atoms with E-state index >= 15 is 0 Å². The molecule has 0 spiro atoms. The number of aromatic nitrogens is 1. The van der Waals surface area contributed by atoms with Crippen LogP contribution < -0.4 is 5.32 Å². The smallest absolute Gasteiger partial charge is 0.261 e. The summed E-state index contributed by atoms with van der Waals surface area (Å²) in [6.45, 7) is 3.32. The normalized spacial score (nSPS) is 27.0. The van der Waals surface area contributed by atoms with Crippen LogP contribution in [-0.4, -0.2) is 41.5 Å². The van der Waals surface area contributed by atoms with Crippen molar-refractivity contribution >= 4 is 28.8 Å². The maximum absolute atomic E-state index is 12.4. The third-order valence-electron chi connectivity index (χ3n) is 4.49. The molecule has 22 heavy (non-hydrogen) atoms. The number of nitrogens with one attached hydrogen (secondary N) is 1. The summed E-state index contributed by atoms with van der Waals surface area (Å²) in [4.78, 5) is 20.4. The molecule has 0 saturated carbocycles. The minimum atomic E-state index is -0.00680. The first-order chi connectivity index (χ1) is 10.7. The number of hydrogen-bond donors (Lipinski definition) is 1. The monoisotopic (exact) mass is 337 g/mol. The molecule has 2 aromatic heterocycles. The molecule has 5 heterocycles. The number of piperidine rings is 3. The van der Waals surface area contributed by atoms with Gasteiger partial charge in [-0.3, -0.25) is 4.79 Å². The highest BCUT2D eigenvalue weighted by Crippen LogP contribution is 2.30. The zero-order chi connectivity index (χ0) is 15.1. The van der Waals surface area contributed by atoms with E-state index in [2.05, 4.69) is 15.2 Å². The fraction of sp³-hybridized carbons (Fsp3) is 0.467. The highest BCUT2D eigenvalue weighted by atomic mass is 35.5. The topological polar surface area (TPSA) is 58.4 Å². The molecule has 116 valence electrons. The Morgan fingerprint density at radius 3 is 2.86 bits per heavy atom. The molecule has 2 aromatic rings. The van der Waals surface area contributed by atoms with Crippen LogP contribution in [0.2, 0.25) is 5.15 Å². The van der Waals surface area contributed by atoms with Crippen LogP contribution in [0.3, 0.4) is 0 Å². The summed E-state index contributed by atoms with van der Waals surface area (Å²) in [7, 11) is 0.